The molecular formula is C13H18F2N2O. The Balaban J connectivity index is 2.11. The molecule has 18 heavy (non-hydrogen) atoms. The summed E-state index contributed by atoms with van der Waals surface area (Å²) in [4.78, 5) is 0. The van der Waals surface area contributed by atoms with E-state index in [-0.39, 0.29) is 5.56 Å². The van der Waals surface area contributed by atoms with Gasteiger partial charge in [0.05, 0.1) is 12.8 Å². The molecule has 1 saturated heterocycles. The van der Waals surface area contributed by atoms with Crippen LogP contribution in [-0.2, 0) is 0 Å². The number of anilines is 1. The van der Waals surface area contributed by atoms with Crippen molar-refractivity contribution in [3.63, 3.8) is 0 Å². The van der Waals surface area contributed by atoms with Crippen molar-refractivity contribution in [3.05, 3.63) is 23.8 Å². The van der Waals surface area contributed by atoms with Crippen LogP contribution in [-0.4, -0.2) is 26.2 Å². The zero-order valence-electron chi connectivity index (χ0n) is 10.4. The Morgan fingerprint density at radius 2 is 2.28 bits per heavy atom. The molecule has 1 atom stereocenters. The highest BCUT2D eigenvalue weighted by molar-refractivity contribution is 5.58. The van der Waals surface area contributed by atoms with Crippen molar-refractivity contribution in [3.8, 4) is 5.75 Å². The SMILES string of the molecule is COc1cc(C(F)F)ccc1NC1CCCNC1. The average molecular weight is 256 g/mol. The molecule has 1 aliphatic heterocycles. The van der Waals surface area contributed by atoms with Crippen molar-refractivity contribution in [2.45, 2.75) is 25.3 Å². The summed E-state index contributed by atoms with van der Waals surface area (Å²) in [6, 6.07) is 4.81. The zero-order chi connectivity index (χ0) is 13.0. The van der Waals surface area contributed by atoms with Crippen LogP contribution in [0, 0.1) is 0 Å². The summed E-state index contributed by atoms with van der Waals surface area (Å²) in [5, 5.41) is 6.63. The molecule has 0 bridgehead atoms. The number of nitrogens with one attached hydrogen (secondary N) is 2. The van der Waals surface area contributed by atoms with Crippen LogP contribution < -0.4 is 15.4 Å². The number of ether oxygens (including phenoxy) is 1. The number of rotatable bonds is 4. The molecule has 1 heterocycles. The summed E-state index contributed by atoms with van der Waals surface area (Å²) in [6.07, 6.45) is -0.272. The third kappa shape index (κ3) is 3.10. The van der Waals surface area contributed by atoms with Crippen LogP contribution in [0.25, 0.3) is 0 Å². The van der Waals surface area contributed by atoms with Crippen molar-refractivity contribution in [1.82, 2.24) is 5.32 Å². The van der Waals surface area contributed by atoms with Crippen LogP contribution in [0.3, 0.4) is 0 Å². The molecule has 0 aliphatic carbocycles. The van der Waals surface area contributed by atoms with E-state index in [0.717, 1.165) is 31.6 Å². The highest BCUT2D eigenvalue weighted by Gasteiger charge is 2.16. The molecule has 1 unspecified atom stereocenters. The summed E-state index contributed by atoms with van der Waals surface area (Å²) >= 11 is 0. The second-order valence-electron chi connectivity index (χ2n) is 4.45. The first-order valence-corrected chi connectivity index (χ1v) is 6.14. The lowest BCUT2D eigenvalue weighted by atomic mass is 10.1. The molecule has 2 N–H and O–H groups in total. The van der Waals surface area contributed by atoms with Gasteiger partial charge in [-0.05, 0) is 31.5 Å². The standard InChI is InChI=1S/C13H18F2N2O/c1-18-12-7-9(13(14)15)4-5-11(12)17-10-3-2-6-16-8-10/h4-5,7,10,13,16-17H,2-3,6,8H2,1H3. The van der Waals surface area contributed by atoms with Gasteiger partial charge in [0.15, 0.2) is 0 Å². The normalized spacial score (nSPS) is 19.9. The zero-order valence-corrected chi connectivity index (χ0v) is 10.4. The Kier molecular flexibility index (Phi) is 4.36. The lowest BCUT2D eigenvalue weighted by Gasteiger charge is -2.25. The van der Waals surface area contributed by atoms with Crippen molar-refractivity contribution in [2.75, 3.05) is 25.5 Å². The second-order valence-corrected chi connectivity index (χ2v) is 4.45. The Labute approximate surface area is 106 Å². The Morgan fingerprint density at radius 1 is 1.44 bits per heavy atom. The van der Waals surface area contributed by atoms with E-state index in [1.54, 1.807) is 6.07 Å². The maximum atomic E-state index is 12.6. The van der Waals surface area contributed by atoms with Gasteiger partial charge in [-0.15, -0.1) is 0 Å². The third-order valence-corrected chi connectivity index (χ3v) is 3.13. The summed E-state index contributed by atoms with van der Waals surface area (Å²) in [5.41, 5.74) is 0.759. The minimum Gasteiger partial charge on any atom is -0.495 e. The lowest BCUT2D eigenvalue weighted by Crippen LogP contribution is -2.38. The van der Waals surface area contributed by atoms with Crippen LogP contribution in [0.5, 0.6) is 5.75 Å². The van der Waals surface area contributed by atoms with Gasteiger partial charge >= 0.3 is 0 Å². The number of halogens is 2. The molecule has 5 heteroatoms. The topological polar surface area (TPSA) is 33.3 Å². The molecule has 0 spiro atoms. The second kappa shape index (κ2) is 6.00. The molecule has 100 valence electrons. The summed E-state index contributed by atoms with van der Waals surface area (Å²) in [6.45, 7) is 1.93. The van der Waals surface area contributed by atoms with Gasteiger partial charge in [-0.1, -0.05) is 6.07 Å². The Hall–Kier alpha value is -1.36. The fraction of sp³-hybridized carbons (Fsp3) is 0.538. The van der Waals surface area contributed by atoms with Crippen LogP contribution >= 0.6 is 0 Å². The summed E-state index contributed by atoms with van der Waals surface area (Å²) in [5.74, 6) is 0.471. The van der Waals surface area contributed by atoms with E-state index in [0.29, 0.717) is 11.8 Å². The number of piperidine rings is 1. The first kappa shape index (κ1) is 13.1. The highest BCUT2D eigenvalue weighted by atomic mass is 19.3. The van der Waals surface area contributed by atoms with Crippen LogP contribution in [0.15, 0.2) is 18.2 Å². The smallest absolute Gasteiger partial charge is 0.263 e. The van der Waals surface area contributed by atoms with E-state index < -0.39 is 6.43 Å². The highest BCUT2D eigenvalue weighted by Crippen LogP contribution is 2.30. The number of methoxy groups -OCH3 is 1. The molecular weight excluding hydrogens is 238 g/mol. The van der Waals surface area contributed by atoms with Gasteiger partial charge in [-0.2, -0.15) is 0 Å². The fourth-order valence-electron chi connectivity index (χ4n) is 2.16. The molecule has 2 rings (SSSR count). The Morgan fingerprint density at radius 3 is 2.89 bits per heavy atom. The van der Waals surface area contributed by atoms with Gasteiger partial charge < -0.3 is 15.4 Å². The monoisotopic (exact) mass is 256 g/mol. The summed E-state index contributed by atoms with van der Waals surface area (Å²) < 4.78 is 30.3. The van der Waals surface area contributed by atoms with Crippen molar-refractivity contribution in [1.29, 1.82) is 0 Å². The number of alkyl halides is 2. The van der Waals surface area contributed by atoms with E-state index >= 15 is 0 Å². The van der Waals surface area contributed by atoms with Crippen LogP contribution in [0.1, 0.15) is 24.8 Å². The molecule has 1 aromatic carbocycles. The summed E-state index contributed by atoms with van der Waals surface area (Å²) in [7, 11) is 1.49. The molecule has 0 radical (unpaired) electrons. The van der Waals surface area contributed by atoms with Crippen molar-refractivity contribution in [2.24, 2.45) is 0 Å². The largest absolute Gasteiger partial charge is 0.495 e. The number of hydrogen-bond acceptors (Lipinski definition) is 3. The van der Waals surface area contributed by atoms with E-state index in [1.165, 1.54) is 19.2 Å². The van der Waals surface area contributed by atoms with Gasteiger partial charge in [0, 0.05) is 18.2 Å². The maximum absolute atomic E-state index is 12.6. The van der Waals surface area contributed by atoms with E-state index in [1.807, 2.05) is 0 Å². The molecule has 0 amide bonds. The number of benzene rings is 1. The minimum absolute atomic E-state index is 0.0147. The predicted molar refractivity (Wildman–Crippen MR) is 67.5 cm³/mol. The van der Waals surface area contributed by atoms with Crippen molar-refractivity contribution >= 4 is 5.69 Å². The van der Waals surface area contributed by atoms with Crippen molar-refractivity contribution < 1.29 is 13.5 Å². The molecule has 0 aromatic heterocycles. The molecule has 1 aromatic rings. The van der Waals surface area contributed by atoms with Gasteiger partial charge in [0.2, 0.25) is 0 Å². The van der Waals surface area contributed by atoms with E-state index in [4.69, 9.17) is 4.74 Å². The minimum atomic E-state index is -2.47. The first-order chi connectivity index (χ1) is 8.70. The molecule has 0 saturated carbocycles. The quantitative estimate of drug-likeness (QED) is 0.869. The molecule has 1 aliphatic rings. The van der Waals surface area contributed by atoms with Crippen LogP contribution in [0.2, 0.25) is 0 Å². The molecule has 3 nitrogen and oxygen atoms in total. The first-order valence-electron chi connectivity index (χ1n) is 6.14. The lowest BCUT2D eigenvalue weighted by molar-refractivity contribution is 0.151. The van der Waals surface area contributed by atoms with E-state index in [2.05, 4.69) is 10.6 Å². The van der Waals surface area contributed by atoms with Gasteiger partial charge in [-0.3, -0.25) is 0 Å². The van der Waals surface area contributed by atoms with Crippen LogP contribution in [0.4, 0.5) is 14.5 Å². The number of hydrogen-bond donors (Lipinski definition) is 2. The van der Waals surface area contributed by atoms with E-state index in [9.17, 15) is 8.78 Å². The average Bonchev–Trinajstić information content (AvgIpc) is 2.40. The van der Waals surface area contributed by atoms with Gasteiger partial charge in [-0.25, -0.2) is 8.78 Å². The third-order valence-electron chi connectivity index (χ3n) is 3.13. The van der Waals surface area contributed by atoms with Gasteiger partial charge in [0.1, 0.15) is 5.75 Å². The fourth-order valence-corrected chi connectivity index (χ4v) is 2.16. The maximum Gasteiger partial charge on any atom is 0.263 e. The Bertz CT molecular complexity index is 393. The molecule has 1 fully saturated rings. The van der Waals surface area contributed by atoms with Gasteiger partial charge in [0.25, 0.3) is 6.43 Å². The predicted octanol–water partition coefficient (Wildman–Crippen LogP) is 2.80.